The molecule has 0 bridgehead atoms. The molecule has 1 aliphatic carbocycles. The van der Waals surface area contributed by atoms with Gasteiger partial charge in [0.25, 0.3) is 0 Å². The Kier molecular flexibility index (Phi) is 2.00. The second-order valence-electron chi connectivity index (χ2n) is 3.07. The van der Waals surface area contributed by atoms with Gasteiger partial charge in [0.2, 0.25) is 0 Å². The van der Waals surface area contributed by atoms with Gasteiger partial charge < -0.3 is 4.74 Å². The first kappa shape index (κ1) is 8.22. The number of hydrogen-bond donors (Lipinski definition) is 1. The predicted molar refractivity (Wildman–Crippen MR) is 43.9 cm³/mol. The first-order valence-corrected chi connectivity index (χ1v) is 4.34. The molecule has 70 valence electrons. The molecule has 1 aromatic rings. The van der Waals surface area contributed by atoms with Crippen LogP contribution in [0.3, 0.4) is 0 Å². The van der Waals surface area contributed by atoms with Crippen molar-refractivity contribution >= 4 is 5.97 Å². The van der Waals surface area contributed by atoms with Gasteiger partial charge in [-0.15, -0.1) is 0 Å². The summed E-state index contributed by atoms with van der Waals surface area (Å²) in [5.41, 5.74) is 0. The highest BCUT2D eigenvalue weighted by atomic mass is 16.5. The summed E-state index contributed by atoms with van der Waals surface area (Å²) in [6.45, 7) is 2.25. The summed E-state index contributed by atoms with van der Waals surface area (Å²) in [5, 5.41) is 6.49. The number of aromatic amines is 1. The molecule has 2 atom stereocenters. The minimum Gasteiger partial charge on any atom is -0.466 e. The van der Waals surface area contributed by atoms with Gasteiger partial charge in [-0.25, -0.2) is 4.98 Å². The Labute approximate surface area is 75.5 Å². The zero-order valence-corrected chi connectivity index (χ0v) is 7.36. The minimum atomic E-state index is -0.121. The molecule has 0 saturated heterocycles. The van der Waals surface area contributed by atoms with Crippen LogP contribution in [0.2, 0.25) is 0 Å². The monoisotopic (exact) mass is 181 g/mol. The smallest absolute Gasteiger partial charge is 0.309 e. The van der Waals surface area contributed by atoms with Crippen molar-refractivity contribution in [2.75, 3.05) is 6.61 Å². The maximum absolute atomic E-state index is 11.2. The largest absolute Gasteiger partial charge is 0.466 e. The Morgan fingerprint density at radius 3 is 3.31 bits per heavy atom. The van der Waals surface area contributed by atoms with Gasteiger partial charge in [-0.3, -0.25) is 9.89 Å². The van der Waals surface area contributed by atoms with Crippen LogP contribution in [0, 0.1) is 5.92 Å². The third-order valence-electron chi connectivity index (χ3n) is 2.16. The van der Waals surface area contributed by atoms with E-state index >= 15 is 0 Å². The second kappa shape index (κ2) is 3.16. The number of nitrogens with one attached hydrogen (secondary N) is 1. The van der Waals surface area contributed by atoms with Gasteiger partial charge in [0.15, 0.2) is 0 Å². The van der Waals surface area contributed by atoms with Gasteiger partial charge in [-0.1, -0.05) is 0 Å². The van der Waals surface area contributed by atoms with E-state index in [9.17, 15) is 4.79 Å². The summed E-state index contributed by atoms with van der Waals surface area (Å²) in [7, 11) is 0. The quantitative estimate of drug-likeness (QED) is 0.688. The molecule has 1 N–H and O–H groups in total. The fourth-order valence-electron chi connectivity index (χ4n) is 1.40. The summed E-state index contributed by atoms with van der Waals surface area (Å²) in [5.74, 6) is 0.858. The van der Waals surface area contributed by atoms with Crippen LogP contribution in [0.15, 0.2) is 6.33 Å². The Hall–Kier alpha value is -1.39. The highest BCUT2D eigenvalue weighted by molar-refractivity contribution is 5.76. The van der Waals surface area contributed by atoms with Crippen molar-refractivity contribution in [1.82, 2.24) is 15.2 Å². The SMILES string of the molecule is CCOC(=O)C1CC1c1ncn[nH]1. The number of nitrogens with zero attached hydrogens (tertiary/aromatic N) is 2. The third kappa shape index (κ3) is 1.54. The molecule has 0 spiro atoms. The lowest BCUT2D eigenvalue weighted by Gasteiger charge is -1.98. The lowest BCUT2D eigenvalue weighted by atomic mass is 10.3. The van der Waals surface area contributed by atoms with Gasteiger partial charge in [-0.05, 0) is 13.3 Å². The van der Waals surface area contributed by atoms with Crippen molar-refractivity contribution in [3.63, 3.8) is 0 Å². The zero-order valence-electron chi connectivity index (χ0n) is 7.36. The van der Waals surface area contributed by atoms with Crippen molar-refractivity contribution in [2.24, 2.45) is 5.92 Å². The van der Waals surface area contributed by atoms with Crippen LogP contribution in [-0.2, 0) is 9.53 Å². The van der Waals surface area contributed by atoms with Crippen molar-refractivity contribution in [3.05, 3.63) is 12.2 Å². The molecule has 5 nitrogen and oxygen atoms in total. The number of carbonyl (C=O) groups is 1. The van der Waals surface area contributed by atoms with E-state index in [4.69, 9.17) is 4.74 Å². The van der Waals surface area contributed by atoms with Gasteiger partial charge >= 0.3 is 5.97 Å². The minimum absolute atomic E-state index is 0.00657. The highest BCUT2D eigenvalue weighted by Crippen LogP contribution is 2.46. The molecule has 2 rings (SSSR count). The Bertz CT molecular complexity index is 296. The average molecular weight is 181 g/mol. The molecule has 1 aliphatic rings. The Morgan fingerprint density at radius 1 is 1.85 bits per heavy atom. The molecule has 1 heterocycles. The molecule has 5 heteroatoms. The molecule has 2 unspecified atom stereocenters. The number of ether oxygens (including phenoxy) is 1. The summed E-state index contributed by atoms with van der Waals surface area (Å²) in [4.78, 5) is 15.2. The van der Waals surface area contributed by atoms with E-state index in [1.165, 1.54) is 6.33 Å². The van der Waals surface area contributed by atoms with Gasteiger partial charge in [0, 0.05) is 5.92 Å². The molecule has 1 saturated carbocycles. The fourth-order valence-corrected chi connectivity index (χ4v) is 1.40. The Balaban J connectivity index is 1.92. The van der Waals surface area contributed by atoms with Crippen LogP contribution in [-0.4, -0.2) is 27.8 Å². The number of aromatic nitrogens is 3. The van der Waals surface area contributed by atoms with E-state index in [2.05, 4.69) is 15.2 Å². The first-order chi connectivity index (χ1) is 6.33. The second-order valence-corrected chi connectivity index (χ2v) is 3.07. The van der Waals surface area contributed by atoms with E-state index in [1.807, 2.05) is 6.92 Å². The number of esters is 1. The summed E-state index contributed by atoms with van der Waals surface area (Å²) in [6, 6.07) is 0. The molecule has 0 amide bonds. The number of hydrogen-bond acceptors (Lipinski definition) is 4. The maximum Gasteiger partial charge on any atom is 0.309 e. The van der Waals surface area contributed by atoms with Crippen molar-refractivity contribution < 1.29 is 9.53 Å². The summed E-state index contributed by atoms with van der Waals surface area (Å²) in [6.07, 6.45) is 2.28. The maximum atomic E-state index is 11.2. The van der Waals surface area contributed by atoms with E-state index < -0.39 is 0 Å². The normalized spacial score (nSPS) is 25.6. The number of rotatable bonds is 3. The molecule has 13 heavy (non-hydrogen) atoms. The van der Waals surface area contributed by atoms with Gasteiger partial charge in [-0.2, -0.15) is 5.10 Å². The average Bonchev–Trinajstić information content (AvgIpc) is 2.74. The molecular weight excluding hydrogens is 170 g/mol. The first-order valence-electron chi connectivity index (χ1n) is 4.34. The number of H-pyrrole nitrogens is 1. The van der Waals surface area contributed by atoms with Crippen molar-refractivity contribution in [2.45, 2.75) is 19.3 Å². The van der Waals surface area contributed by atoms with Crippen molar-refractivity contribution in [3.8, 4) is 0 Å². The molecule has 0 aromatic carbocycles. The zero-order chi connectivity index (χ0) is 9.26. The Morgan fingerprint density at radius 2 is 2.69 bits per heavy atom. The molecule has 0 radical (unpaired) electrons. The molecular formula is C8H11N3O2. The van der Waals surface area contributed by atoms with Crippen LogP contribution >= 0.6 is 0 Å². The van der Waals surface area contributed by atoms with E-state index in [0.29, 0.717) is 6.61 Å². The molecule has 1 fully saturated rings. The third-order valence-corrected chi connectivity index (χ3v) is 2.16. The van der Waals surface area contributed by atoms with E-state index in [-0.39, 0.29) is 17.8 Å². The predicted octanol–water partition coefficient (Wildman–Crippen LogP) is 0.471. The van der Waals surface area contributed by atoms with Crippen LogP contribution < -0.4 is 0 Å². The van der Waals surface area contributed by atoms with Crippen molar-refractivity contribution in [1.29, 1.82) is 0 Å². The summed E-state index contributed by atoms with van der Waals surface area (Å²) >= 11 is 0. The van der Waals surface area contributed by atoms with Gasteiger partial charge in [0.05, 0.1) is 12.5 Å². The lowest BCUT2D eigenvalue weighted by Crippen LogP contribution is -2.07. The highest BCUT2D eigenvalue weighted by Gasteiger charge is 2.47. The van der Waals surface area contributed by atoms with Crippen LogP contribution in [0.1, 0.15) is 25.1 Å². The summed E-state index contributed by atoms with van der Waals surface area (Å²) < 4.78 is 4.89. The number of carbonyl (C=O) groups excluding carboxylic acids is 1. The topological polar surface area (TPSA) is 67.9 Å². The van der Waals surface area contributed by atoms with Crippen LogP contribution in [0.25, 0.3) is 0 Å². The fraction of sp³-hybridized carbons (Fsp3) is 0.625. The standard InChI is InChI=1S/C8H11N3O2/c1-2-13-8(12)6-3-5(6)7-9-4-10-11-7/h4-6H,2-3H2,1H3,(H,9,10,11). The van der Waals surface area contributed by atoms with Crippen LogP contribution in [0.5, 0.6) is 0 Å². The lowest BCUT2D eigenvalue weighted by molar-refractivity contribution is -0.144. The van der Waals surface area contributed by atoms with E-state index in [1.54, 1.807) is 0 Å². The molecule has 1 aromatic heterocycles. The van der Waals surface area contributed by atoms with Crippen LogP contribution in [0.4, 0.5) is 0 Å². The van der Waals surface area contributed by atoms with E-state index in [0.717, 1.165) is 12.2 Å². The molecule has 0 aliphatic heterocycles. The van der Waals surface area contributed by atoms with Gasteiger partial charge in [0.1, 0.15) is 12.2 Å².